The number of nitrogens with zero attached hydrogens (tertiary/aromatic N) is 2. The van der Waals surface area contributed by atoms with E-state index in [2.05, 4.69) is 21.0 Å². The van der Waals surface area contributed by atoms with Crippen LogP contribution in [0.2, 0.25) is 0 Å². The fourth-order valence-electron chi connectivity index (χ4n) is 1.74. The van der Waals surface area contributed by atoms with Gasteiger partial charge in [0, 0.05) is 31.8 Å². The molecule has 0 radical (unpaired) electrons. The molecular weight excluding hydrogens is 232 g/mol. The van der Waals surface area contributed by atoms with E-state index in [9.17, 15) is 4.79 Å². The number of ketones is 1. The van der Waals surface area contributed by atoms with Crippen LogP contribution in [-0.2, 0) is 11.3 Å². The van der Waals surface area contributed by atoms with E-state index in [4.69, 9.17) is 0 Å². The molecule has 0 saturated carbocycles. The Morgan fingerprint density at radius 3 is 3.12 bits per heavy atom. The lowest BCUT2D eigenvalue weighted by Crippen LogP contribution is -2.02. The second-order valence-electron chi connectivity index (χ2n) is 3.92. The number of rotatable bonds is 6. The van der Waals surface area contributed by atoms with Crippen LogP contribution in [0.4, 0.5) is 0 Å². The van der Waals surface area contributed by atoms with Crippen LogP contribution in [-0.4, -0.2) is 15.3 Å². The summed E-state index contributed by atoms with van der Waals surface area (Å²) in [6.45, 7) is 2.77. The lowest BCUT2D eigenvalue weighted by atomic mass is 10.2. The van der Waals surface area contributed by atoms with Gasteiger partial charge in [0.25, 0.3) is 0 Å². The summed E-state index contributed by atoms with van der Waals surface area (Å²) in [7, 11) is 0. The smallest absolute Gasteiger partial charge is 0.149 e. The summed E-state index contributed by atoms with van der Waals surface area (Å²) in [6, 6.07) is 4.10. The molecule has 0 fully saturated rings. The molecule has 0 aromatic carbocycles. The van der Waals surface area contributed by atoms with Crippen molar-refractivity contribution >= 4 is 17.1 Å². The lowest BCUT2D eigenvalue weighted by molar-refractivity contribution is -0.118. The van der Waals surface area contributed by atoms with Gasteiger partial charge in [0.2, 0.25) is 0 Å². The highest BCUT2D eigenvalue weighted by molar-refractivity contribution is 7.13. The summed E-state index contributed by atoms with van der Waals surface area (Å²) in [5, 5.41) is 2.05. The van der Waals surface area contributed by atoms with E-state index in [1.54, 1.807) is 11.3 Å². The third-order valence-corrected chi connectivity index (χ3v) is 3.57. The number of hydrogen-bond acceptors (Lipinski definition) is 3. The van der Waals surface area contributed by atoms with Crippen LogP contribution >= 0.6 is 11.3 Å². The van der Waals surface area contributed by atoms with Crippen LogP contribution in [0.25, 0.3) is 10.7 Å². The summed E-state index contributed by atoms with van der Waals surface area (Å²) in [4.78, 5) is 16.8. The highest BCUT2D eigenvalue weighted by atomic mass is 32.1. The third-order valence-electron chi connectivity index (χ3n) is 2.71. The Balaban J connectivity index is 1.98. The van der Waals surface area contributed by atoms with E-state index in [0.717, 1.165) is 18.8 Å². The van der Waals surface area contributed by atoms with Crippen molar-refractivity contribution in [3.63, 3.8) is 0 Å². The molecule has 2 rings (SSSR count). The van der Waals surface area contributed by atoms with Gasteiger partial charge < -0.3 is 4.57 Å². The molecule has 2 aromatic heterocycles. The minimum atomic E-state index is 0.336. The predicted octanol–water partition coefficient (Wildman–Crippen LogP) is 3.37. The highest BCUT2D eigenvalue weighted by Gasteiger charge is 2.06. The molecule has 0 saturated heterocycles. The number of thiophene rings is 1. The first-order chi connectivity index (χ1) is 8.31. The topological polar surface area (TPSA) is 34.9 Å². The van der Waals surface area contributed by atoms with Gasteiger partial charge in [0.15, 0.2) is 0 Å². The van der Waals surface area contributed by atoms with E-state index < -0.39 is 0 Å². The van der Waals surface area contributed by atoms with E-state index in [0.29, 0.717) is 18.6 Å². The first-order valence-electron chi connectivity index (χ1n) is 5.88. The molecule has 2 aromatic rings. The standard InChI is InChI=1S/C13H16N2OS/c1-2-11(16)5-3-8-15-9-7-14-13(15)12-6-4-10-17-12/h4,6-7,9-10H,2-3,5,8H2,1H3. The summed E-state index contributed by atoms with van der Waals surface area (Å²) < 4.78 is 2.12. The van der Waals surface area contributed by atoms with E-state index in [1.165, 1.54) is 4.88 Å². The maximum atomic E-state index is 11.2. The van der Waals surface area contributed by atoms with Gasteiger partial charge in [0.05, 0.1) is 4.88 Å². The van der Waals surface area contributed by atoms with Crippen molar-refractivity contribution in [1.29, 1.82) is 0 Å². The quantitative estimate of drug-likeness (QED) is 0.785. The van der Waals surface area contributed by atoms with Gasteiger partial charge in [-0.1, -0.05) is 13.0 Å². The minimum Gasteiger partial charge on any atom is -0.330 e. The van der Waals surface area contributed by atoms with Crippen molar-refractivity contribution < 1.29 is 4.79 Å². The average molecular weight is 248 g/mol. The normalized spacial score (nSPS) is 10.6. The van der Waals surface area contributed by atoms with Crippen molar-refractivity contribution in [1.82, 2.24) is 9.55 Å². The van der Waals surface area contributed by atoms with Crippen LogP contribution < -0.4 is 0 Å². The van der Waals surface area contributed by atoms with Crippen LogP contribution in [0, 0.1) is 0 Å². The monoisotopic (exact) mass is 248 g/mol. The molecule has 0 aliphatic rings. The first kappa shape index (κ1) is 12.0. The van der Waals surface area contributed by atoms with E-state index in [1.807, 2.05) is 25.4 Å². The summed E-state index contributed by atoms with van der Waals surface area (Å²) in [5.74, 6) is 1.34. The molecule has 90 valence electrons. The molecular formula is C13H16N2OS. The van der Waals surface area contributed by atoms with E-state index >= 15 is 0 Å². The van der Waals surface area contributed by atoms with Gasteiger partial charge in [-0.05, 0) is 17.9 Å². The largest absolute Gasteiger partial charge is 0.330 e. The maximum absolute atomic E-state index is 11.2. The average Bonchev–Trinajstić information content (AvgIpc) is 2.98. The molecule has 0 aliphatic carbocycles. The van der Waals surface area contributed by atoms with Crippen molar-refractivity contribution in [3.05, 3.63) is 29.9 Å². The van der Waals surface area contributed by atoms with Gasteiger partial charge in [-0.15, -0.1) is 11.3 Å². The second-order valence-corrected chi connectivity index (χ2v) is 4.87. The number of imidazole rings is 1. The zero-order valence-electron chi connectivity index (χ0n) is 9.93. The van der Waals surface area contributed by atoms with Gasteiger partial charge in [-0.2, -0.15) is 0 Å². The molecule has 3 nitrogen and oxygen atoms in total. The van der Waals surface area contributed by atoms with Gasteiger partial charge in [0.1, 0.15) is 11.6 Å². The maximum Gasteiger partial charge on any atom is 0.149 e. The van der Waals surface area contributed by atoms with E-state index in [-0.39, 0.29) is 0 Å². The Kier molecular flexibility index (Phi) is 4.09. The first-order valence-corrected chi connectivity index (χ1v) is 6.76. The van der Waals surface area contributed by atoms with Crippen LogP contribution in [0.15, 0.2) is 29.9 Å². The molecule has 4 heteroatoms. The summed E-state index contributed by atoms with van der Waals surface area (Å²) in [6.07, 6.45) is 5.99. The Morgan fingerprint density at radius 2 is 2.41 bits per heavy atom. The summed E-state index contributed by atoms with van der Waals surface area (Å²) in [5.41, 5.74) is 0. The van der Waals surface area contributed by atoms with Crippen LogP contribution in [0.5, 0.6) is 0 Å². The van der Waals surface area contributed by atoms with Crippen molar-refractivity contribution in [3.8, 4) is 10.7 Å². The predicted molar refractivity (Wildman–Crippen MR) is 70.1 cm³/mol. The van der Waals surface area contributed by atoms with Crippen molar-refractivity contribution in [2.24, 2.45) is 0 Å². The zero-order chi connectivity index (χ0) is 12.1. The highest BCUT2D eigenvalue weighted by Crippen LogP contribution is 2.23. The Bertz CT molecular complexity index is 473. The van der Waals surface area contributed by atoms with Gasteiger partial charge in [-0.3, -0.25) is 4.79 Å². The molecule has 0 atom stereocenters. The molecule has 2 heterocycles. The number of carbonyl (C=O) groups excluding carboxylic acids is 1. The molecule has 0 bridgehead atoms. The van der Waals surface area contributed by atoms with Crippen LogP contribution in [0.1, 0.15) is 26.2 Å². The second kappa shape index (κ2) is 5.77. The number of aromatic nitrogens is 2. The Hall–Kier alpha value is -1.42. The molecule has 0 unspecified atom stereocenters. The van der Waals surface area contributed by atoms with Crippen LogP contribution in [0.3, 0.4) is 0 Å². The molecule has 0 spiro atoms. The fourth-order valence-corrected chi connectivity index (χ4v) is 2.48. The molecule has 17 heavy (non-hydrogen) atoms. The summed E-state index contributed by atoms with van der Waals surface area (Å²) >= 11 is 1.69. The third kappa shape index (κ3) is 3.03. The molecule has 0 amide bonds. The molecule has 0 aliphatic heterocycles. The number of aryl methyl sites for hydroxylation is 1. The SMILES string of the molecule is CCC(=O)CCCn1ccnc1-c1cccs1. The van der Waals surface area contributed by atoms with Crippen molar-refractivity contribution in [2.75, 3.05) is 0 Å². The number of carbonyl (C=O) groups is 1. The van der Waals surface area contributed by atoms with Gasteiger partial charge >= 0.3 is 0 Å². The van der Waals surface area contributed by atoms with Gasteiger partial charge in [-0.25, -0.2) is 4.98 Å². The Labute approximate surface area is 105 Å². The minimum absolute atomic E-state index is 0.336. The zero-order valence-corrected chi connectivity index (χ0v) is 10.7. The number of hydrogen-bond donors (Lipinski definition) is 0. The number of Topliss-reactive ketones (excluding diaryl/α,β-unsaturated/α-hetero) is 1. The van der Waals surface area contributed by atoms with Crippen molar-refractivity contribution in [2.45, 2.75) is 32.7 Å². The Morgan fingerprint density at radius 1 is 1.53 bits per heavy atom. The fraction of sp³-hybridized carbons (Fsp3) is 0.385. The molecule has 0 N–H and O–H groups in total. The lowest BCUT2D eigenvalue weighted by Gasteiger charge is -2.05.